The van der Waals surface area contributed by atoms with Crippen molar-refractivity contribution < 1.29 is 23.9 Å². The van der Waals surface area contributed by atoms with Gasteiger partial charge in [0, 0.05) is 17.0 Å². The van der Waals surface area contributed by atoms with Crippen LogP contribution in [0, 0.1) is 5.92 Å². The van der Waals surface area contributed by atoms with Crippen LogP contribution in [0.15, 0.2) is 24.3 Å². The highest BCUT2D eigenvalue weighted by molar-refractivity contribution is 6.31. The van der Waals surface area contributed by atoms with Gasteiger partial charge in [-0.15, -0.1) is 0 Å². The Bertz CT molecular complexity index is 541. The predicted octanol–water partition coefficient (Wildman–Crippen LogP) is 3.05. The minimum absolute atomic E-state index is 0.0242. The van der Waals surface area contributed by atoms with Crippen LogP contribution >= 0.6 is 11.6 Å². The maximum Gasteiger partial charge on any atom is 0.316 e. The molecule has 1 unspecified atom stereocenters. The van der Waals surface area contributed by atoms with Gasteiger partial charge in [0.1, 0.15) is 5.92 Å². The van der Waals surface area contributed by atoms with Gasteiger partial charge >= 0.3 is 11.9 Å². The largest absolute Gasteiger partial charge is 0.466 e. The molecule has 0 saturated heterocycles. The molecule has 0 spiro atoms. The van der Waals surface area contributed by atoms with Crippen molar-refractivity contribution in [2.75, 3.05) is 13.2 Å². The highest BCUT2D eigenvalue weighted by Gasteiger charge is 2.29. The van der Waals surface area contributed by atoms with E-state index in [0.29, 0.717) is 10.6 Å². The Morgan fingerprint density at radius 2 is 1.82 bits per heavy atom. The van der Waals surface area contributed by atoms with Crippen LogP contribution in [-0.2, 0) is 19.1 Å². The summed E-state index contributed by atoms with van der Waals surface area (Å²) >= 11 is 5.86. The van der Waals surface area contributed by atoms with E-state index < -0.39 is 23.6 Å². The first-order valence-corrected chi connectivity index (χ1v) is 7.49. The first-order valence-electron chi connectivity index (χ1n) is 7.11. The van der Waals surface area contributed by atoms with Crippen molar-refractivity contribution in [1.29, 1.82) is 0 Å². The number of benzene rings is 1. The van der Waals surface area contributed by atoms with E-state index in [1.807, 2.05) is 0 Å². The van der Waals surface area contributed by atoms with Crippen LogP contribution in [0.25, 0.3) is 0 Å². The third-order valence-corrected chi connectivity index (χ3v) is 3.17. The van der Waals surface area contributed by atoms with Gasteiger partial charge in [0.2, 0.25) is 0 Å². The first kappa shape index (κ1) is 18.2. The Balaban J connectivity index is 2.87. The van der Waals surface area contributed by atoms with E-state index in [4.69, 9.17) is 21.1 Å². The van der Waals surface area contributed by atoms with Crippen LogP contribution in [-0.4, -0.2) is 30.9 Å². The topological polar surface area (TPSA) is 69.7 Å². The van der Waals surface area contributed by atoms with Crippen LogP contribution < -0.4 is 0 Å². The zero-order valence-electron chi connectivity index (χ0n) is 12.6. The van der Waals surface area contributed by atoms with Gasteiger partial charge in [-0.2, -0.15) is 0 Å². The number of hydrogen-bond acceptors (Lipinski definition) is 5. The van der Waals surface area contributed by atoms with Gasteiger partial charge in [-0.25, -0.2) is 0 Å². The van der Waals surface area contributed by atoms with Gasteiger partial charge in [-0.05, 0) is 32.4 Å². The molecule has 0 bridgehead atoms. The summed E-state index contributed by atoms with van der Waals surface area (Å²) < 4.78 is 9.74. The number of Topliss-reactive ketones (excluding diaryl/α,β-unsaturated/α-hetero) is 1. The average molecular weight is 327 g/mol. The highest BCUT2D eigenvalue weighted by Crippen LogP contribution is 2.19. The fraction of sp³-hybridized carbons (Fsp3) is 0.438. The van der Waals surface area contributed by atoms with Crippen molar-refractivity contribution in [2.24, 2.45) is 5.92 Å². The molecule has 5 nitrogen and oxygen atoms in total. The lowest BCUT2D eigenvalue weighted by Gasteiger charge is -2.14. The van der Waals surface area contributed by atoms with Crippen LogP contribution in [0.3, 0.4) is 0 Å². The average Bonchev–Trinajstić information content (AvgIpc) is 2.47. The van der Waals surface area contributed by atoms with Crippen molar-refractivity contribution in [3.63, 3.8) is 0 Å². The van der Waals surface area contributed by atoms with Crippen molar-refractivity contribution in [1.82, 2.24) is 0 Å². The molecule has 22 heavy (non-hydrogen) atoms. The number of ether oxygens (including phenoxy) is 2. The SMILES string of the molecule is CCOC(=O)CCC(C(=O)OCC)C(=O)c1cccc(Cl)c1. The molecule has 0 aromatic heterocycles. The summed E-state index contributed by atoms with van der Waals surface area (Å²) in [7, 11) is 0. The molecule has 0 radical (unpaired) electrons. The molecule has 0 aliphatic heterocycles. The maximum absolute atomic E-state index is 12.5. The molecule has 0 aliphatic carbocycles. The van der Waals surface area contributed by atoms with Crippen molar-refractivity contribution in [2.45, 2.75) is 26.7 Å². The molecule has 0 saturated carbocycles. The molecule has 1 atom stereocenters. The monoisotopic (exact) mass is 326 g/mol. The molecule has 0 amide bonds. The molecule has 120 valence electrons. The van der Waals surface area contributed by atoms with Crippen LogP contribution in [0.5, 0.6) is 0 Å². The molecular weight excluding hydrogens is 308 g/mol. The molecule has 1 aromatic carbocycles. The van der Waals surface area contributed by atoms with E-state index in [2.05, 4.69) is 0 Å². The lowest BCUT2D eigenvalue weighted by molar-refractivity contribution is -0.147. The van der Waals surface area contributed by atoms with Crippen LogP contribution in [0.1, 0.15) is 37.0 Å². The second-order valence-corrected chi connectivity index (χ2v) is 4.96. The summed E-state index contributed by atoms with van der Waals surface area (Å²) in [4.78, 5) is 35.9. The number of esters is 2. The van der Waals surface area contributed by atoms with E-state index >= 15 is 0 Å². The van der Waals surface area contributed by atoms with Gasteiger partial charge in [-0.1, -0.05) is 23.7 Å². The van der Waals surface area contributed by atoms with Crippen molar-refractivity contribution in [3.8, 4) is 0 Å². The number of rotatable bonds is 8. The molecule has 6 heteroatoms. The fourth-order valence-corrected chi connectivity index (χ4v) is 2.13. The minimum atomic E-state index is -1.04. The second kappa shape index (κ2) is 9.20. The van der Waals surface area contributed by atoms with Crippen molar-refractivity contribution in [3.05, 3.63) is 34.9 Å². The second-order valence-electron chi connectivity index (χ2n) is 4.52. The molecule has 0 aliphatic rings. The Hall–Kier alpha value is -1.88. The van der Waals surface area contributed by atoms with Gasteiger partial charge in [0.05, 0.1) is 13.2 Å². The quantitative estimate of drug-likeness (QED) is 0.417. The number of hydrogen-bond donors (Lipinski definition) is 0. The number of carbonyl (C=O) groups excluding carboxylic acids is 3. The third-order valence-electron chi connectivity index (χ3n) is 2.94. The van der Waals surface area contributed by atoms with Crippen LogP contribution in [0.2, 0.25) is 5.02 Å². The Labute approximate surface area is 134 Å². The van der Waals surface area contributed by atoms with Gasteiger partial charge < -0.3 is 9.47 Å². The normalized spacial score (nSPS) is 11.6. The summed E-state index contributed by atoms with van der Waals surface area (Å²) in [6.45, 7) is 3.77. The van der Waals surface area contributed by atoms with Gasteiger partial charge in [0.25, 0.3) is 0 Å². The van der Waals surface area contributed by atoms with Crippen molar-refractivity contribution >= 4 is 29.3 Å². The van der Waals surface area contributed by atoms with E-state index in [0.717, 1.165) is 0 Å². The molecule has 1 rings (SSSR count). The summed E-state index contributed by atoms with van der Waals surface area (Å²) in [5.74, 6) is -2.54. The van der Waals surface area contributed by atoms with Gasteiger partial charge in [0.15, 0.2) is 5.78 Å². The number of carbonyl (C=O) groups is 3. The zero-order valence-corrected chi connectivity index (χ0v) is 13.4. The fourth-order valence-electron chi connectivity index (χ4n) is 1.94. The number of ketones is 1. The lowest BCUT2D eigenvalue weighted by Crippen LogP contribution is -2.27. The zero-order chi connectivity index (χ0) is 16.5. The molecule has 0 N–H and O–H groups in total. The Morgan fingerprint density at radius 3 is 2.41 bits per heavy atom. The summed E-state index contributed by atoms with van der Waals surface area (Å²) in [5.41, 5.74) is 0.314. The third kappa shape index (κ3) is 5.48. The van der Waals surface area contributed by atoms with E-state index in [1.54, 1.807) is 32.0 Å². The maximum atomic E-state index is 12.5. The predicted molar refractivity (Wildman–Crippen MR) is 81.8 cm³/mol. The summed E-state index contributed by atoms with van der Waals surface area (Å²) in [5, 5.41) is 0.402. The summed E-state index contributed by atoms with van der Waals surface area (Å²) in [6, 6.07) is 6.32. The number of halogens is 1. The standard InChI is InChI=1S/C16H19ClO5/c1-3-21-14(18)9-8-13(16(20)22-4-2)15(19)11-6-5-7-12(17)10-11/h5-7,10,13H,3-4,8-9H2,1-2H3. The summed E-state index contributed by atoms with van der Waals surface area (Å²) in [6.07, 6.45) is 0.0205. The first-order chi connectivity index (χ1) is 10.5. The molecule has 1 aromatic rings. The minimum Gasteiger partial charge on any atom is -0.466 e. The molecule has 0 heterocycles. The Kier molecular flexibility index (Phi) is 7.60. The van der Waals surface area contributed by atoms with E-state index in [1.165, 1.54) is 6.07 Å². The Morgan fingerprint density at radius 1 is 1.14 bits per heavy atom. The van der Waals surface area contributed by atoms with E-state index in [9.17, 15) is 14.4 Å². The molecule has 0 fully saturated rings. The van der Waals surface area contributed by atoms with E-state index in [-0.39, 0.29) is 26.1 Å². The van der Waals surface area contributed by atoms with Gasteiger partial charge in [-0.3, -0.25) is 14.4 Å². The lowest BCUT2D eigenvalue weighted by atomic mass is 9.93. The molecular formula is C16H19ClO5. The van der Waals surface area contributed by atoms with Crippen LogP contribution in [0.4, 0.5) is 0 Å². The highest BCUT2D eigenvalue weighted by atomic mass is 35.5. The smallest absolute Gasteiger partial charge is 0.316 e.